The molecule has 0 atom stereocenters. The van der Waals surface area contributed by atoms with Gasteiger partial charge in [-0.1, -0.05) is 0 Å². The average molecular weight is 370 g/mol. The Kier molecular flexibility index (Phi) is 5.05. The van der Waals surface area contributed by atoms with E-state index in [4.69, 9.17) is 10.7 Å². The number of halogens is 1. The van der Waals surface area contributed by atoms with E-state index in [-0.39, 0.29) is 10.6 Å². The van der Waals surface area contributed by atoms with Crippen LogP contribution in [-0.2, 0) is 9.05 Å². The number of nitro benzene ring substituents is 1. The maximum atomic E-state index is 11.9. The SMILES string of the molecule is Cc1cc(NC(=O)Nc2ccc([N+](=O)[O-])cc2)ccc1S(=O)(=O)Cl. The minimum atomic E-state index is -3.85. The lowest BCUT2D eigenvalue weighted by molar-refractivity contribution is -0.384. The zero-order valence-electron chi connectivity index (χ0n) is 12.3. The van der Waals surface area contributed by atoms with Crippen LogP contribution in [0.3, 0.4) is 0 Å². The molecule has 0 radical (unpaired) electrons. The minimum Gasteiger partial charge on any atom is -0.308 e. The Morgan fingerprint density at radius 1 is 1.08 bits per heavy atom. The van der Waals surface area contributed by atoms with Crippen LogP contribution in [0, 0.1) is 17.0 Å². The van der Waals surface area contributed by atoms with Crippen molar-refractivity contribution in [3.8, 4) is 0 Å². The van der Waals surface area contributed by atoms with Crippen LogP contribution in [0.2, 0.25) is 0 Å². The highest BCUT2D eigenvalue weighted by Gasteiger charge is 2.14. The number of nitrogens with one attached hydrogen (secondary N) is 2. The number of hydrogen-bond donors (Lipinski definition) is 2. The molecule has 2 rings (SSSR count). The van der Waals surface area contributed by atoms with Gasteiger partial charge >= 0.3 is 6.03 Å². The number of aryl methyl sites for hydroxylation is 1. The van der Waals surface area contributed by atoms with Gasteiger partial charge < -0.3 is 10.6 Å². The number of nitro groups is 1. The maximum absolute atomic E-state index is 11.9. The summed E-state index contributed by atoms with van der Waals surface area (Å²) in [6.07, 6.45) is 0. The molecule has 0 spiro atoms. The van der Waals surface area contributed by atoms with Gasteiger partial charge in [0.2, 0.25) is 0 Å². The van der Waals surface area contributed by atoms with Gasteiger partial charge in [0, 0.05) is 34.2 Å². The fourth-order valence-electron chi connectivity index (χ4n) is 1.96. The zero-order valence-corrected chi connectivity index (χ0v) is 13.9. The summed E-state index contributed by atoms with van der Waals surface area (Å²) >= 11 is 0. The van der Waals surface area contributed by atoms with Gasteiger partial charge in [0.05, 0.1) is 9.82 Å². The van der Waals surface area contributed by atoms with E-state index in [0.29, 0.717) is 16.9 Å². The molecule has 0 heterocycles. The van der Waals surface area contributed by atoms with Crippen LogP contribution in [0.25, 0.3) is 0 Å². The number of urea groups is 1. The van der Waals surface area contributed by atoms with E-state index >= 15 is 0 Å². The van der Waals surface area contributed by atoms with Crippen molar-refractivity contribution in [1.82, 2.24) is 0 Å². The molecule has 2 aromatic carbocycles. The van der Waals surface area contributed by atoms with E-state index in [0.717, 1.165) is 0 Å². The fourth-order valence-corrected chi connectivity index (χ4v) is 3.15. The van der Waals surface area contributed by atoms with E-state index in [2.05, 4.69) is 10.6 Å². The van der Waals surface area contributed by atoms with Crippen LogP contribution in [0.4, 0.5) is 21.9 Å². The average Bonchev–Trinajstić information content (AvgIpc) is 2.46. The van der Waals surface area contributed by atoms with E-state index in [1.165, 1.54) is 42.5 Å². The normalized spacial score (nSPS) is 10.9. The molecule has 0 fully saturated rings. The van der Waals surface area contributed by atoms with E-state index < -0.39 is 20.0 Å². The summed E-state index contributed by atoms with van der Waals surface area (Å²) in [5, 5.41) is 15.6. The van der Waals surface area contributed by atoms with Gasteiger partial charge in [-0.2, -0.15) is 0 Å². The fraction of sp³-hybridized carbons (Fsp3) is 0.0714. The van der Waals surface area contributed by atoms with Crippen molar-refractivity contribution in [2.45, 2.75) is 11.8 Å². The molecule has 10 heteroatoms. The van der Waals surface area contributed by atoms with Crippen molar-refractivity contribution in [2.75, 3.05) is 10.6 Å². The van der Waals surface area contributed by atoms with Crippen LogP contribution < -0.4 is 10.6 Å². The number of non-ortho nitro benzene ring substituents is 1. The largest absolute Gasteiger partial charge is 0.323 e. The van der Waals surface area contributed by atoms with E-state index in [1.807, 2.05) is 0 Å². The highest BCUT2D eigenvalue weighted by atomic mass is 35.7. The molecule has 0 aliphatic heterocycles. The molecule has 2 amide bonds. The Bertz CT molecular complexity index is 897. The summed E-state index contributed by atoms with van der Waals surface area (Å²) in [6, 6.07) is 8.89. The number of carbonyl (C=O) groups is 1. The molecule has 0 saturated carbocycles. The number of benzene rings is 2. The highest BCUT2D eigenvalue weighted by molar-refractivity contribution is 8.13. The number of hydrogen-bond acceptors (Lipinski definition) is 5. The summed E-state index contributed by atoms with van der Waals surface area (Å²) in [4.78, 5) is 21.9. The number of rotatable bonds is 4. The van der Waals surface area contributed by atoms with Gasteiger partial charge in [0.1, 0.15) is 0 Å². The molecule has 0 aliphatic rings. The summed E-state index contributed by atoms with van der Waals surface area (Å²) in [6.45, 7) is 1.55. The minimum absolute atomic E-state index is 0.0366. The van der Waals surface area contributed by atoms with Crippen LogP contribution in [0.1, 0.15) is 5.56 Å². The first-order valence-electron chi connectivity index (χ1n) is 6.54. The smallest absolute Gasteiger partial charge is 0.308 e. The third-order valence-corrected chi connectivity index (χ3v) is 4.51. The van der Waals surface area contributed by atoms with Crippen molar-refractivity contribution in [2.24, 2.45) is 0 Å². The quantitative estimate of drug-likeness (QED) is 0.486. The first kappa shape index (κ1) is 17.7. The molecule has 2 aromatic rings. The summed E-state index contributed by atoms with van der Waals surface area (Å²) in [5.41, 5.74) is 1.04. The summed E-state index contributed by atoms with van der Waals surface area (Å²) < 4.78 is 22.6. The molecular formula is C14H12ClN3O5S. The highest BCUT2D eigenvalue weighted by Crippen LogP contribution is 2.23. The number of anilines is 2. The third kappa shape index (κ3) is 4.43. The Balaban J connectivity index is 2.07. The Labute approximate surface area is 142 Å². The molecule has 126 valence electrons. The molecule has 0 aromatic heterocycles. The molecular weight excluding hydrogens is 358 g/mol. The molecule has 8 nitrogen and oxygen atoms in total. The van der Waals surface area contributed by atoms with Crippen LogP contribution >= 0.6 is 10.7 Å². The van der Waals surface area contributed by atoms with E-state index in [9.17, 15) is 23.3 Å². The van der Waals surface area contributed by atoms with Crippen molar-refractivity contribution in [3.63, 3.8) is 0 Å². The van der Waals surface area contributed by atoms with Gasteiger partial charge in [-0.3, -0.25) is 10.1 Å². The number of carbonyl (C=O) groups excluding carboxylic acids is 1. The molecule has 0 saturated heterocycles. The lowest BCUT2D eigenvalue weighted by atomic mass is 10.2. The van der Waals surface area contributed by atoms with Gasteiger partial charge in [0.25, 0.3) is 14.7 Å². The second-order valence-electron chi connectivity index (χ2n) is 4.80. The monoisotopic (exact) mass is 369 g/mol. The van der Waals surface area contributed by atoms with Crippen LogP contribution in [0.15, 0.2) is 47.4 Å². The van der Waals surface area contributed by atoms with Crippen molar-refractivity contribution in [1.29, 1.82) is 0 Å². The Morgan fingerprint density at radius 2 is 1.62 bits per heavy atom. The molecule has 24 heavy (non-hydrogen) atoms. The summed E-state index contributed by atoms with van der Waals surface area (Å²) in [5.74, 6) is 0. The van der Waals surface area contributed by atoms with Gasteiger partial charge in [-0.15, -0.1) is 0 Å². The predicted molar refractivity (Wildman–Crippen MR) is 90.0 cm³/mol. The number of nitrogens with zero attached hydrogens (tertiary/aromatic N) is 1. The van der Waals surface area contributed by atoms with E-state index in [1.54, 1.807) is 6.92 Å². The first-order valence-corrected chi connectivity index (χ1v) is 8.85. The predicted octanol–water partition coefficient (Wildman–Crippen LogP) is 3.47. The van der Waals surface area contributed by atoms with Gasteiger partial charge in [-0.05, 0) is 42.8 Å². The van der Waals surface area contributed by atoms with Gasteiger partial charge in [0.15, 0.2) is 0 Å². The summed E-state index contributed by atoms with van der Waals surface area (Å²) in [7, 11) is 1.44. The lowest BCUT2D eigenvalue weighted by Gasteiger charge is -2.09. The molecule has 0 bridgehead atoms. The number of amides is 2. The second kappa shape index (κ2) is 6.85. The third-order valence-electron chi connectivity index (χ3n) is 3.03. The molecule has 0 aliphatic carbocycles. The second-order valence-corrected chi connectivity index (χ2v) is 7.34. The lowest BCUT2D eigenvalue weighted by Crippen LogP contribution is -2.19. The van der Waals surface area contributed by atoms with Gasteiger partial charge in [-0.25, -0.2) is 13.2 Å². The maximum Gasteiger partial charge on any atom is 0.323 e. The topological polar surface area (TPSA) is 118 Å². The van der Waals surface area contributed by atoms with Crippen molar-refractivity contribution >= 4 is 42.8 Å². The zero-order chi connectivity index (χ0) is 17.9. The Hall–Kier alpha value is -2.65. The molecule has 0 unspecified atom stereocenters. The van der Waals surface area contributed by atoms with Crippen molar-refractivity contribution < 1.29 is 18.1 Å². The Morgan fingerprint density at radius 3 is 2.12 bits per heavy atom. The van der Waals surface area contributed by atoms with Crippen molar-refractivity contribution in [3.05, 3.63) is 58.1 Å². The molecule has 2 N–H and O–H groups in total. The van der Waals surface area contributed by atoms with Crippen LogP contribution in [-0.4, -0.2) is 19.4 Å². The first-order chi connectivity index (χ1) is 11.2. The van der Waals surface area contributed by atoms with Crippen LogP contribution in [0.5, 0.6) is 0 Å². The standard InChI is InChI=1S/C14H12ClN3O5S/c1-9-8-11(4-7-13(9)24(15,22)23)17-14(19)16-10-2-5-12(6-3-10)18(20)21/h2-8H,1H3,(H2,16,17,19).